The Kier molecular flexibility index (Phi) is 5.24. The van der Waals surface area contributed by atoms with Gasteiger partial charge in [-0.15, -0.1) is 0 Å². The number of halogens is 6. The average molecular weight is 399 g/mol. The summed E-state index contributed by atoms with van der Waals surface area (Å²) in [5.74, 6) is 0. The number of hydrogen-bond donors (Lipinski definition) is 2. The molecule has 0 radical (unpaired) electrons. The minimum absolute atomic E-state index is 0.352. The van der Waals surface area contributed by atoms with Gasteiger partial charge >= 0.3 is 12.4 Å². The lowest BCUT2D eigenvalue weighted by Gasteiger charge is -2.19. The van der Waals surface area contributed by atoms with E-state index in [1.54, 1.807) is 4.72 Å². The Bertz CT molecular complexity index is 893. The van der Waals surface area contributed by atoms with Crippen molar-refractivity contribution in [1.29, 1.82) is 0 Å². The molecule has 1 atom stereocenters. The van der Waals surface area contributed by atoms with Crippen LogP contribution in [0.5, 0.6) is 0 Å². The fraction of sp³-hybridized carbons (Fsp3) is 0.200. The molecule has 4 nitrogen and oxygen atoms in total. The molecule has 142 valence electrons. The second-order valence-corrected chi connectivity index (χ2v) is 6.84. The first-order valence-corrected chi connectivity index (χ1v) is 8.34. The maximum absolute atomic E-state index is 12.7. The van der Waals surface area contributed by atoms with Crippen LogP contribution in [0.25, 0.3) is 0 Å². The molecule has 0 heterocycles. The summed E-state index contributed by atoms with van der Waals surface area (Å²) < 4.78 is 103. The van der Waals surface area contributed by atoms with Gasteiger partial charge in [-0.2, -0.15) is 26.3 Å². The van der Waals surface area contributed by atoms with E-state index in [4.69, 9.17) is 0 Å². The monoisotopic (exact) mass is 399 g/mol. The zero-order valence-electron chi connectivity index (χ0n) is 12.6. The van der Waals surface area contributed by atoms with Gasteiger partial charge in [0, 0.05) is 5.56 Å². The molecule has 2 aromatic rings. The van der Waals surface area contributed by atoms with E-state index in [1.165, 1.54) is 6.07 Å². The van der Waals surface area contributed by atoms with Crippen molar-refractivity contribution in [3.63, 3.8) is 0 Å². The molecule has 0 fully saturated rings. The van der Waals surface area contributed by atoms with E-state index in [1.807, 2.05) is 0 Å². The molecule has 0 saturated heterocycles. The molecule has 0 aliphatic carbocycles. The zero-order chi connectivity index (χ0) is 19.8. The minimum atomic E-state index is -5.06. The van der Waals surface area contributed by atoms with Gasteiger partial charge in [0.1, 0.15) is 0 Å². The van der Waals surface area contributed by atoms with Crippen LogP contribution in [0, 0.1) is 0 Å². The topological polar surface area (TPSA) is 66.4 Å². The lowest BCUT2D eigenvalue weighted by molar-refractivity contribution is -0.206. The minimum Gasteiger partial charge on any atom is -0.379 e. The molecule has 0 aliphatic rings. The van der Waals surface area contributed by atoms with Crippen LogP contribution < -0.4 is 4.72 Å². The third-order valence-electron chi connectivity index (χ3n) is 3.28. The second-order valence-electron chi connectivity index (χ2n) is 5.16. The van der Waals surface area contributed by atoms with E-state index in [0.717, 1.165) is 30.3 Å². The predicted octanol–water partition coefficient (Wildman–Crippen LogP) is 4.10. The number of sulfonamides is 1. The Morgan fingerprint density at radius 2 is 1.54 bits per heavy atom. The SMILES string of the molecule is O=S(=O)(Nc1ccccc1[C@@H](O)C(F)(F)F)c1cccc(C(F)(F)F)c1. The number of rotatable bonds is 4. The Labute approximate surface area is 144 Å². The molecule has 2 N–H and O–H groups in total. The molecule has 2 aromatic carbocycles. The van der Waals surface area contributed by atoms with Gasteiger partial charge in [-0.05, 0) is 24.3 Å². The van der Waals surface area contributed by atoms with Crippen LogP contribution in [0.15, 0.2) is 53.4 Å². The smallest absolute Gasteiger partial charge is 0.379 e. The molecular formula is C15H11F6NO3S. The number of hydrogen-bond acceptors (Lipinski definition) is 3. The van der Waals surface area contributed by atoms with Crippen molar-refractivity contribution < 1.29 is 39.9 Å². The summed E-state index contributed by atoms with van der Waals surface area (Å²) >= 11 is 0. The van der Waals surface area contributed by atoms with Crippen molar-refractivity contribution in [2.75, 3.05) is 4.72 Å². The van der Waals surface area contributed by atoms with Crippen molar-refractivity contribution in [2.24, 2.45) is 0 Å². The summed E-state index contributed by atoms with van der Waals surface area (Å²) in [4.78, 5) is -0.788. The standard InChI is InChI=1S/C15H11F6NO3S/c16-14(17,18)9-4-3-5-10(8-9)26(24,25)22-12-7-2-1-6-11(12)13(23)15(19,20)21/h1-8,13,22-23H/t13-/m1/s1. The summed E-state index contributed by atoms with van der Waals surface area (Å²) in [5.41, 5.74) is -2.62. The Hall–Kier alpha value is -2.27. The molecule has 0 saturated carbocycles. The van der Waals surface area contributed by atoms with E-state index in [9.17, 15) is 39.9 Å². The zero-order valence-corrected chi connectivity index (χ0v) is 13.5. The molecule has 26 heavy (non-hydrogen) atoms. The number of benzene rings is 2. The van der Waals surface area contributed by atoms with Gasteiger partial charge in [-0.3, -0.25) is 4.72 Å². The molecule has 0 aliphatic heterocycles. The molecule has 0 amide bonds. The highest BCUT2D eigenvalue weighted by molar-refractivity contribution is 7.92. The molecule has 2 rings (SSSR count). The summed E-state index contributed by atoms with van der Waals surface area (Å²) in [7, 11) is -4.63. The number of aliphatic hydroxyl groups is 1. The predicted molar refractivity (Wildman–Crippen MR) is 79.7 cm³/mol. The fourth-order valence-electron chi connectivity index (χ4n) is 2.05. The van der Waals surface area contributed by atoms with Crippen molar-refractivity contribution in [3.8, 4) is 0 Å². The molecular weight excluding hydrogens is 388 g/mol. The number of aliphatic hydroxyl groups excluding tert-OH is 1. The normalized spacial score (nSPS) is 14.1. The summed E-state index contributed by atoms with van der Waals surface area (Å²) in [6, 6.07) is 6.88. The summed E-state index contributed by atoms with van der Waals surface area (Å²) in [5, 5.41) is 9.35. The molecule has 0 unspecified atom stereocenters. The average Bonchev–Trinajstić information content (AvgIpc) is 2.53. The highest BCUT2D eigenvalue weighted by Crippen LogP contribution is 2.37. The van der Waals surface area contributed by atoms with Crippen LogP contribution >= 0.6 is 0 Å². The largest absolute Gasteiger partial charge is 0.418 e. The van der Waals surface area contributed by atoms with Gasteiger partial charge in [-0.1, -0.05) is 24.3 Å². The number of para-hydroxylation sites is 1. The summed E-state index contributed by atoms with van der Waals surface area (Å²) in [6.45, 7) is 0. The van der Waals surface area contributed by atoms with Crippen LogP contribution in [0.1, 0.15) is 17.2 Å². The van der Waals surface area contributed by atoms with Crippen molar-refractivity contribution in [1.82, 2.24) is 0 Å². The number of alkyl halides is 6. The lowest BCUT2D eigenvalue weighted by atomic mass is 10.1. The van der Waals surface area contributed by atoms with Crippen LogP contribution in [-0.2, 0) is 16.2 Å². The third kappa shape index (κ3) is 4.47. The highest BCUT2D eigenvalue weighted by atomic mass is 32.2. The van der Waals surface area contributed by atoms with Crippen LogP contribution in [0.4, 0.5) is 32.0 Å². The van der Waals surface area contributed by atoms with E-state index in [0.29, 0.717) is 12.1 Å². The van der Waals surface area contributed by atoms with E-state index in [2.05, 4.69) is 0 Å². The van der Waals surface area contributed by atoms with Gasteiger partial charge in [0.15, 0.2) is 6.10 Å². The molecule has 0 spiro atoms. The lowest BCUT2D eigenvalue weighted by Crippen LogP contribution is -2.23. The van der Waals surface area contributed by atoms with Crippen LogP contribution in [0.3, 0.4) is 0 Å². The third-order valence-corrected chi connectivity index (χ3v) is 4.64. The van der Waals surface area contributed by atoms with Gasteiger partial charge in [0.05, 0.1) is 16.1 Å². The first-order chi connectivity index (χ1) is 11.8. The van der Waals surface area contributed by atoms with E-state index in [-0.39, 0.29) is 0 Å². The van der Waals surface area contributed by atoms with Gasteiger partial charge in [0.25, 0.3) is 10.0 Å². The quantitative estimate of drug-likeness (QED) is 0.761. The van der Waals surface area contributed by atoms with Gasteiger partial charge in [-0.25, -0.2) is 8.42 Å². The van der Waals surface area contributed by atoms with E-state index >= 15 is 0 Å². The first-order valence-electron chi connectivity index (χ1n) is 6.86. The summed E-state index contributed by atoms with van der Waals surface area (Å²) in [6.07, 6.45) is -12.8. The first kappa shape index (κ1) is 20.0. The number of nitrogens with one attached hydrogen (secondary N) is 1. The Balaban J connectivity index is 2.43. The van der Waals surface area contributed by atoms with Crippen LogP contribution in [-0.4, -0.2) is 19.7 Å². The second kappa shape index (κ2) is 6.80. The van der Waals surface area contributed by atoms with Crippen molar-refractivity contribution >= 4 is 15.7 Å². The van der Waals surface area contributed by atoms with Gasteiger partial charge in [0.2, 0.25) is 0 Å². The number of anilines is 1. The molecule has 11 heteroatoms. The highest BCUT2D eigenvalue weighted by Gasteiger charge is 2.41. The maximum Gasteiger partial charge on any atom is 0.418 e. The van der Waals surface area contributed by atoms with Crippen molar-refractivity contribution in [3.05, 3.63) is 59.7 Å². The van der Waals surface area contributed by atoms with Crippen molar-refractivity contribution in [2.45, 2.75) is 23.4 Å². The van der Waals surface area contributed by atoms with E-state index < -0.39 is 50.2 Å². The molecule has 0 aromatic heterocycles. The Morgan fingerprint density at radius 1 is 0.923 bits per heavy atom. The van der Waals surface area contributed by atoms with Gasteiger partial charge < -0.3 is 5.11 Å². The maximum atomic E-state index is 12.7. The Morgan fingerprint density at radius 3 is 2.12 bits per heavy atom. The molecule has 0 bridgehead atoms. The fourth-order valence-corrected chi connectivity index (χ4v) is 3.18. The van der Waals surface area contributed by atoms with Crippen LogP contribution in [0.2, 0.25) is 0 Å².